The van der Waals surface area contributed by atoms with Gasteiger partial charge in [-0.25, -0.2) is 0 Å². The Balaban J connectivity index is 2.31. The summed E-state index contributed by atoms with van der Waals surface area (Å²) in [4.78, 5) is 16.2. The third-order valence-corrected chi connectivity index (χ3v) is 4.01. The quantitative estimate of drug-likeness (QED) is 0.854. The zero-order valence-corrected chi connectivity index (χ0v) is 11.8. The highest BCUT2D eigenvalue weighted by molar-refractivity contribution is 5.99. The molecule has 0 aromatic carbocycles. The Morgan fingerprint density at radius 3 is 2.95 bits per heavy atom. The van der Waals surface area contributed by atoms with Gasteiger partial charge in [-0.15, -0.1) is 0 Å². The number of aliphatic hydroxyl groups excluding tert-OH is 1. The van der Waals surface area contributed by atoms with E-state index in [2.05, 4.69) is 9.55 Å². The van der Waals surface area contributed by atoms with Crippen molar-refractivity contribution in [3.05, 3.63) is 41.3 Å². The van der Waals surface area contributed by atoms with Crippen molar-refractivity contribution < 1.29 is 9.90 Å². The Morgan fingerprint density at radius 2 is 2.30 bits per heavy atom. The first-order valence-corrected chi connectivity index (χ1v) is 6.93. The molecule has 0 spiro atoms. The average molecular weight is 270 g/mol. The summed E-state index contributed by atoms with van der Waals surface area (Å²) < 4.78 is 2.09. The fraction of sp³-hybridized carbons (Fsp3) is 0.375. The number of hydrogen-bond acceptors (Lipinski definition) is 3. The van der Waals surface area contributed by atoms with Gasteiger partial charge < -0.3 is 9.67 Å². The number of hydrogen-bond donors (Lipinski definition) is 1. The molecule has 0 saturated carbocycles. The van der Waals surface area contributed by atoms with E-state index in [0.29, 0.717) is 5.56 Å². The van der Waals surface area contributed by atoms with Crippen LogP contribution in [0, 0.1) is 6.92 Å². The van der Waals surface area contributed by atoms with Gasteiger partial charge in [0.25, 0.3) is 0 Å². The first kappa shape index (κ1) is 13.1. The number of nitrogens with zero attached hydrogens (tertiary/aromatic N) is 2. The summed E-state index contributed by atoms with van der Waals surface area (Å²) in [5.41, 5.74) is 4.41. The normalized spacial score (nSPS) is 17.9. The number of pyridine rings is 1. The maximum absolute atomic E-state index is 12.0. The topological polar surface area (TPSA) is 55.1 Å². The minimum atomic E-state index is -0.549. The molecule has 4 heteroatoms. The van der Waals surface area contributed by atoms with E-state index < -0.39 is 6.10 Å². The number of aromatic nitrogens is 2. The van der Waals surface area contributed by atoms with Crippen LogP contribution in [0.3, 0.4) is 0 Å². The number of fused-ring (bicyclic) bond motifs is 1. The van der Waals surface area contributed by atoms with E-state index in [0.717, 1.165) is 41.9 Å². The second-order valence-corrected chi connectivity index (χ2v) is 5.34. The van der Waals surface area contributed by atoms with Crippen molar-refractivity contribution in [2.24, 2.45) is 0 Å². The molecular weight excluding hydrogens is 252 g/mol. The molecule has 4 nitrogen and oxygen atoms in total. The molecule has 0 amide bonds. The third kappa shape index (κ3) is 1.88. The lowest BCUT2D eigenvalue weighted by Gasteiger charge is -2.23. The van der Waals surface area contributed by atoms with E-state index in [1.165, 1.54) is 0 Å². The minimum Gasteiger partial charge on any atom is -0.387 e. The Kier molecular flexibility index (Phi) is 3.18. The lowest BCUT2D eigenvalue weighted by Crippen LogP contribution is -2.17. The molecular formula is C16H18N2O2. The van der Waals surface area contributed by atoms with Gasteiger partial charge in [0, 0.05) is 30.1 Å². The lowest BCUT2D eigenvalue weighted by atomic mass is 9.99. The van der Waals surface area contributed by atoms with Gasteiger partial charge in [0.1, 0.15) is 0 Å². The highest BCUT2D eigenvalue weighted by Gasteiger charge is 2.30. The van der Waals surface area contributed by atoms with Gasteiger partial charge >= 0.3 is 0 Å². The number of carbonyl (C=O) groups excluding carboxylic acids is 1. The number of rotatable bonds is 2. The van der Waals surface area contributed by atoms with E-state index in [9.17, 15) is 9.90 Å². The summed E-state index contributed by atoms with van der Waals surface area (Å²) in [5, 5.41) is 10.3. The number of carbonyl (C=O) groups is 1. The van der Waals surface area contributed by atoms with Gasteiger partial charge in [-0.05, 0) is 44.4 Å². The third-order valence-electron chi connectivity index (χ3n) is 4.01. The molecule has 2 aromatic heterocycles. The summed E-state index contributed by atoms with van der Waals surface area (Å²) >= 11 is 0. The van der Waals surface area contributed by atoms with Gasteiger partial charge in [-0.1, -0.05) is 0 Å². The van der Waals surface area contributed by atoms with Crippen molar-refractivity contribution in [3.8, 4) is 11.3 Å². The fourth-order valence-corrected chi connectivity index (χ4v) is 3.25. The molecule has 0 fully saturated rings. The molecule has 104 valence electrons. The molecule has 0 radical (unpaired) electrons. The maximum atomic E-state index is 12.0. The second-order valence-electron chi connectivity index (χ2n) is 5.34. The first-order valence-electron chi connectivity index (χ1n) is 6.93. The maximum Gasteiger partial charge on any atom is 0.162 e. The number of ketones is 1. The predicted octanol–water partition coefficient (Wildman–Crippen LogP) is 2.89. The van der Waals surface area contributed by atoms with Crippen molar-refractivity contribution in [2.45, 2.75) is 39.3 Å². The summed E-state index contributed by atoms with van der Waals surface area (Å²) in [6.45, 7) is 4.36. The lowest BCUT2D eigenvalue weighted by molar-refractivity contribution is 0.0995. The van der Waals surface area contributed by atoms with Crippen molar-refractivity contribution in [1.29, 1.82) is 0 Å². The van der Waals surface area contributed by atoms with Crippen molar-refractivity contribution in [1.82, 2.24) is 9.55 Å². The van der Waals surface area contributed by atoms with Crippen LogP contribution in [0.4, 0.5) is 0 Å². The van der Waals surface area contributed by atoms with Gasteiger partial charge in [-0.3, -0.25) is 9.78 Å². The number of Topliss-reactive ketones (excluding diaryl/α,β-unsaturated/α-hetero) is 1. The SMILES string of the molecule is CC(=O)c1c(C)c(-c2cccnc2)n2c1C(O)CCC2. The van der Waals surface area contributed by atoms with Crippen LogP contribution in [0.25, 0.3) is 11.3 Å². The van der Waals surface area contributed by atoms with Crippen LogP contribution in [-0.2, 0) is 6.54 Å². The van der Waals surface area contributed by atoms with Crippen LogP contribution in [0.5, 0.6) is 0 Å². The first-order chi connectivity index (χ1) is 9.61. The molecule has 1 N–H and O–H groups in total. The molecule has 1 aliphatic heterocycles. The van der Waals surface area contributed by atoms with Crippen molar-refractivity contribution in [2.75, 3.05) is 0 Å². The van der Waals surface area contributed by atoms with Crippen LogP contribution in [-0.4, -0.2) is 20.4 Å². The second kappa shape index (κ2) is 4.87. The molecule has 0 saturated heterocycles. The van der Waals surface area contributed by atoms with Crippen LogP contribution in [0.15, 0.2) is 24.5 Å². The van der Waals surface area contributed by atoms with E-state index in [1.807, 2.05) is 19.1 Å². The Morgan fingerprint density at radius 1 is 1.50 bits per heavy atom. The predicted molar refractivity (Wildman–Crippen MR) is 76.6 cm³/mol. The largest absolute Gasteiger partial charge is 0.387 e. The van der Waals surface area contributed by atoms with Crippen molar-refractivity contribution in [3.63, 3.8) is 0 Å². The van der Waals surface area contributed by atoms with Gasteiger partial charge in [0.2, 0.25) is 0 Å². The summed E-state index contributed by atoms with van der Waals surface area (Å²) in [5.74, 6) is 0.0161. The summed E-state index contributed by atoms with van der Waals surface area (Å²) in [7, 11) is 0. The van der Waals surface area contributed by atoms with E-state index in [4.69, 9.17) is 0 Å². The fourth-order valence-electron chi connectivity index (χ4n) is 3.25. The summed E-state index contributed by atoms with van der Waals surface area (Å²) in [6.07, 6.45) is 4.63. The van der Waals surface area contributed by atoms with E-state index >= 15 is 0 Å². The van der Waals surface area contributed by atoms with Crippen LogP contribution in [0.2, 0.25) is 0 Å². The number of aliphatic hydroxyl groups is 1. The van der Waals surface area contributed by atoms with Crippen molar-refractivity contribution >= 4 is 5.78 Å². The van der Waals surface area contributed by atoms with Crippen LogP contribution in [0.1, 0.15) is 47.5 Å². The monoisotopic (exact) mass is 270 g/mol. The molecule has 1 atom stereocenters. The molecule has 1 unspecified atom stereocenters. The molecule has 20 heavy (non-hydrogen) atoms. The molecule has 2 aromatic rings. The van der Waals surface area contributed by atoms with Gasteiger partial charge in [0.15, 0.2) is 5.78 Å². The Labute approximate surface area is 118 Å². The molecule has 3 rings (SSSR count). The molecule has 0 aliphatic carbocycles. The van der Waals surface area contributed by atoms with Gasteiger partial charge in [0.05, 0.1) is 17.5 Å². The molecule has 1 aliphatic rings. The highest BCUT2D eigenvalue weighted by Crippen LogP contribution is 2.38. The van der Waals surface area contributed by atoms with E-state index in [1.54, 1.807) is 19.3 Å². The Bertz CT molecular complexity index is 659. The molecule has 3 heterocycles. The minimum absolute atomic E-state index is 0.0161. The van der Waals surface area contributed by atoms with E-state index in [-0.39, 0.29) is 5.78 Å². The molecule has 0 bridgehead atoms. The highest BCUT2D eigenvalue weighted by atomic mass is 16.3. The Hall–Kier alpha value is -1.94. The zero-order valence-electron chi connectivity index (χ0n) is 11.8. The average Bonchev–Trinajstić information content (AvgIpc) is 2.73. The standard InChI is InChI=1S/C16H18N2O2/c1-10-14(11(2)19)16-13(20)6-4-8-18(16)15(10)12-5-3-7-17-9-12/h3,5,7,9,13,20H,4,6,8H2,1-2H3. The smallest absolute Gasteiger partial charge is 0.162 e. The summed E-state index contributed by atoms with van der Waals surface area (Å²) in [6, 6.07) is 3.88. The van der Waals surface area contributed by atoms with Crippen LogP contribution >= 0.6 is 0 Å². The van der Waals surface area contributed by atoms with Crippen LogP contribution < -0.4 is 0 Å². The van der Waals surface area contributed by atoms with Gasteiger partial charge in [-0.2, -0.15) is 0 Å². The zero-order chi connectivity index (χ0) is 14.3.